The van der Waals surface area contributed by atoms with E-state index in [1.807, 2.05) is 49.4 Å². The van der Waals surface area contributed by atoms with E-state index in [9.17, 15) is 0 Å². The average molecular weight is 300 g/mol. The highest BCUT2D eigenvalue weighted by molar-refractivity contribution is 5.85. The van der Waals surface area contributed by atoms with E-state index in [1.165, 1.54) is 0 Å². The van der Waals surface area contributed by atoms with Crippen LogP contribution in [0.2, 0.25) is 0 Å². The van der Waals surface area contributed by atoms with Crippen LogP contribution in [0.5, 0.6) is 17.2 Å². The summed E-state index contributed by atoms with van der Waals surface area (Å²) in [6.07, 6.45) is 1.71. The van der Waals surface area contributed by atoms with Crippen molar-refractivity contribution < 1.29 is 14.2 Å². The van der Waals surface area contributed by atoms with E-state index in [0.29, 0.717) is 18.1 Å². The first-order valence-corrected chi connectivity index (χ1v) is 7.01. The lowest BCUT2D eigenvalue weighted by Crippen LogP contribution is -2.00. The van der Waals surface area contributed by atoms with Crippen LogP contribution in [-0.2, 0) is 0 Å². The molecule has 5 heteroatoms. The Kier molecular flexibility index (Phi) is 5.65. The van der Waals surface area contributed by atoms with Gasteiger partial charge in [-0.3, -0.25) is 5.43 Å². The van der Waals surface area contributed by atoms with Gasteiger partial charge >= 0.3 is 0 Å². The van der Waals surface area contributed by atoms with Crippen LogP contribution in [-0.4, -0.2) is 27.0 Å². The maximum atomic E-state index is 5.63. The molecule has 2 rings (SSSR count). The molecule has 1 N–H and O–H groups in total. The SMILES string of the molecule is CCOc1c(/C=N/Nc2ccc(OC)cc2)cccc1OC. The van der Waals surface area contributed by atoms with Crippen molar-refractivity contribution in [3.63, 3.8) is 0 Å². The maximum Gasteiger partial charge on any atom is 0.169 e. The number of hydrogen-bond acceptors (Lipinski definition) is 5. The van der Waals surface area contributed by atoms with Crippen molar-refractivity contribution in [1.29, 1.82) is 0 Å². The summed E-state index contributed by atoms with van der Waals surface area (Å²) in [6, 6.07) is 13.2. The highest BCUT2D eigenvalue weighted by atomic mass is 16.5. The summed E-state index contributed by atoms with van der Waals surface area (Å²) in [4.78, 5) is 0. The first-order valence-electron chi connectivity index (χ1n) is 7.01. The highest BCUT2D eigenvalue weighted by Crippen LogP contribution is 2.30. The zero-order valence-corrected chi connectivity index (χ0v) is 13.0. The predicted octanol–water partition coefficient (Wildman–Crippen LogP) is 3.55. The van der Waals surface area contributed by atoms with Crippen LogP contribution in [0, 0.1) is 0 Å². The number of benzene rings is 2. The van der Waals surface area contributed by atoms with Crippen LogP contribution in [0.25, 0.3) is 0 Å². The van der Waals surface area contributed by atoms with E-state index in [0.717, 1.165) is 17.0 Å². The summed E-state index contributed by atoms with van der Waals surface area (Å²) in [5.74, 6) is 2.18. The van der Waals surface area contributed by atoms with E-state index in [4.69, 9.17) is 14.2 Å². The van der Waals surface area contributed by atoms with Gasteiger partial charge in [-0.1, -0.05) is 6.07 Å². The van der Waals surface area contributed by atoms with Gasteiger partial charge in [0, 0.05) is 5.56 Å². The minimum atomic E-state index is 0.563. The fraction of sp³-hybridized carbons (Fsp3) is 0.235. The zero-order chi connectivity index (χ0) is 15.8. The second kappa shape index (κ2) is 7.93. The van der Waals surface area contributed by atoms with Gasteiger partial charge in [0.1, 0.15) is 5.75 Å². The quantitative estimate of drug-likeness (QED) is 0.627. The molecule has 2 aromatic rings. The summed E-state index contributed by atoms with van der Waals surface area (Å²) in [5, 5.41) is 4.23. The molecule has 0 aliphatic carbocycles. The monoisotopic (exact) mass is 300 g/mol. The molecule has 0 unspecified atom stereocenters. The number of nitrogens with zero attached hydrogens (tertiary/aromatic N) is 1. The molecule has 0 spiro atoms. The van der Waals surface area contributed by atoms with Crippen molar-refractivity contribution in [2.24, 2.45) is 5.10 Å². The third-order valence-electron chi connectivity index (χ3n) is 3.01. The lowest BCUT2D eigenvalue weighted by molar-refractivity contribution is 0.310. The Hall–Kier alpha value is -2.69. The number of hydrogen-bond donors (Lipinski definition) is 1. The van der Waals surface area contributed by atoms with Gasteiger partial charge in [0.2, 0.25) is 0 Å². The highest BCUT2D eigenvalue weighted by Gasteiger charge is 2.08. The molecule has 0 aromatic heterocycles. The molecule has 22 heavy (non-hydrogen) atoms. The molecule has 0 aliphatic heterocycles. The van der Waals surface area contributed by atoms with Gasteiger partial charge in [-0.05, 0) is 43.3 Å². The van der Waals surface area contributed by atoms with Crippen molar-refractivity contribution in [3.8, 4) is 17.2 Å². The number of hydrazone groups is 1. The van der Waals surface area contributed by atoms with Gasteiger partial charge in [-0.25, -0.2) is 0 Å². The number of methoxy groups -OCH3 is 2. The Labute approximate surface area is 130 Å². The largest absolute Gasteiger partial charge is 0.497 e. The van der Waals surface area contributed by atoms with Crippen molar-refractivity contribution in [1.82, 2.24) is 0 Å². The van der Waals surface area contributed by atoms with Crippen LogP contribution < -0.4 is 19.6 Å². The number of nitrogens with one attached hydrogen (secondary N) is 1. The molecule has 0 heterocycles. The fourth-order valence-corrected chi connectivity index (χ4v) is 1.94. The summed E-state index contributed by atoms with van der Waals surface area (Å²) in [5.41, 5.74) is 4.69. The van der Waals surface area contributed by atoms with Crippen molar-refractivity contribution in [3.05, 3.63) is 48.0 Å². The van der Waals surface area contributed by atoms with Gasteiger partial charge in [-0.2, -0.15) is 5.10 Å². The molecule has 0 saturated heterocycles. The number of anilines is 1. The molecule has 0 amide bonds. The lowest BCUT2D eigenvalue weighted by atomic mass is 10.2. The molecule has 0 radical (unpaired) electrons. The van der Waals surface area contributed by atoms with Crippen LogP contribution >= 0.6 is 0 Å². The first kappa shape index (κ1) is 15.7. The number of rotatable bonds is 7. The topological polar surface area (TPSA) is 52.1 Å². The van der Waals surface area contributed by atoms with E-state index in [2.05, 4.69) is 10.5 Å². The molecule has 0 saturated carbocycles. The van der Waals surface area contributed by atoms with Gasteiger partial charge in [0.15, 0.2) is 11.5 Å². The minimum Gasteiger partial charge on any atom is -0.497 e. The summed E-state index contributed by atoms with van der Waals surface area (Å²) in [7, 11) is 3.26. The number of ether oxygens (including phenoxy) is 3. The standard InChI is InChI=1S/C17H20N2O3/c1-4-22-17-13(6-5-7-16(17)21-3)12-18-19-14-8-10-15(20-2)11-9-14/h5-12,19H,4H2,1-3H3/b18-12+. The summed E-state index contributed by atoms with van der Waals surface area (Å²) < 4.78 is 16.1. The molecule has 0 aliphatic rings. The fourth-order valence-electron chi connectivity index (χ4n) is 1.94. The van der Waals surface area contributed by atoms with Crippen molar-refractivity contribution >= 4 is 11.9 Å². The van der Waals surface area contributed by atoms with E-state index in [1.54, 1.807) is 20.4 Å². The van der Waals surface area contributed by atoms with Crippen molar-refractivity contribution in [2.75, 3.05) is 26.3 Å². The Morgan fingerprint density at radius 1 is 1.05 bits per heavy atom. The smallest absolute Gasteiger partial charge is 0.169 e. The van der Waals surface area contributed by atoms with E-state index in [-0.39, 0.29) is 0 Å². The zero-order valence-electron chi connectivity index (χ0n) is 13.0. The van der Waals surface area contributed by atoms with Gasteiger partial charge < -0.3 is 14.2 Å². The Balaban J connectivity index is 2.11. The van der Waals surface area contributed by atoms with Crippen LogP contribution in [0.3, 0.4) is 0 Å². The van der Waals surface area contributed by atoms with Crippen molar-refractivity contribution in [2.45, 2.75) is 6.92 Å². The third kappa shape index (κ3) is 3.91. The summed E-state index contributed by atoms with van der Waals surface area (Å²) >= 11 is 0. The number of para-hydroxylation sites is 1. The minimum absolute atomic E-state index is 0.563. The van der Waals surface area contributed by atoms with Gasteiger partial charge in [0.25, 0.3) is 0 Å². The molecule has 5 nitrogen and oxygen atoms in total. The van der Waals surface area contributed by atoms with Gasteiger partial charge in [0.05, 0.1) is 32.7 Å². The lowest BCUT2D eigenvalue weighted by Gasteiger charge is -2.11. The second-order valence-corrected chi connectivity index (χ2v) is 4.41. The molecule has 0 atom stereocenters. The molecule has 116 valence electrons. The van der Waals surface area contributed by atoms with E-state index >= 15 is 0 Å². The molecule has 0 bridgehead atoms. The molecular weight excluding hydrogens is 280 g/mol. The maximum absolute atomic E-state index is 5.63. The molecule has 2 aromatic carbocycles. The van der Waals surface area contributed by atoms with Crippen LogP contribution in [0.1, 0.15) is 12.5 Å². The Bertz CT molecular complexity index is 624. The Morgan fingerprint density at radius 3 is 2.45 bits per heavy atom. The first-order chi connectivity index (χ1) is 10.8. The second-order valence-electron chi connectivity index (χ2n) is 4.41. The van der Waals surface area contributed by atoms with Crippen LogP contribution in [0.15, 0.2) is 47.6 Å². The molecule has 0 fully saturated rings. The molecular formula is C17H20N2O3. The normalized spacial score (nSPS) is 10.5. The average Bonchev–Trinajstić information content (AvgIpc) is 2.57. The Morgan fingerprint density at radius 2 is 1.82 bits per heavy atom. The van der Waals surface area contributed by atoms with Crippen LogP contribution in [0.4, 0.5) is 5.69 Å². The third-order valence-corrected chi connectivity index (χ3v) is 3.01. The predicted molar refractivity (Wildman–Crippen MR) is 88.4 cm³/mol. The van der Waals surface area contributed by atoms with E-state index < -0.39 is 0 Å². The summed E-state index contributed by atoms with van der Waals surface area (Å²) in [6.45, 7) is 2.50. The van der Waals surface area contributed by atoms with Gasteiger partial charge in [-0.15, -0.1) is 0 Å².